The number of benzene rings is 2. The largest absolute Gasteiger partial charge is 0.325 e. The summed E-state index contributed by atoms with van der Waals surface area (Å²) in [5.41, 5.74) is 0.724. The predicted octanol–water partition coefficient (Wildman–Crippen LogP) is 3.06. The smallest absolute Gasteiger partial charge is 0.264 e. The lowest BCUT2D eigenvalue weighted by Crippen LogP contribution is -2.27. The first-order valence-corrected chi connectivity index (χ1v) is 12.6. The van der Waals surface area contributed by atoms with Gasteiger partial charge in [-0.2, -0.15) is 0 Å². The average molecular weight is 439 g/mol. The van der Waals surface area contributed by atoms with Crippen molar-refractivity contribution >= 4 is 37.1 Å². The molecule has 29 heavy (non-hydrogen) atoms. The normalized spacial score (nSPS) is 11.8. The van der Waals surface area contributed by atoms with E-state index >= 15 is 0 Å². The van der Waals surface area contributed by atoms with Gasteiger partial charge in [-0.1, -0.05) is 44.0 Å². The zero-order chi connectivity index (χ0) is 21.5. The molecule has 2 aromatic carbocycles. The number of para-hydroxylation sites is 1. The third-order valence-corrected chi connectivity index (χ3v) is 7.70. The maximum atomic E-state index is 12.9. The number of carbonyl (C=O) groups excluding carboxylic acids is 1. The van der Waals surface area contributed by atoms with Crippen molar-refractivity contribution in [1.29, 1.82) is 0 Å². The molecule has 0 aliphatic rings. The zero-order valence-corrected chi connectivity index (χ0v) is 18.2. The number of hydrogen-bond acceptors (Lipinski definition) is 5. The fourth-order valence-electron chi connectivity index (χ4n) is 2.71. The molecule has 0 aliphatic heterocycles. The lowest BCUT2D eigenvalue weighted by Gasteiger charge is -2.19. The quantitative estimate of drug-likeness (QED) is 0.575. The van der Waals surface area contributed by atoms with E-state index in [-0.39, 0.29) is 16.3 Å². The number of carbonyl (C=O) groups is 1. The van der Waals surface area contributed by atoms with E-state index in [9.17, 15) is 21.6 Å². The van der Waals surface area contributed by atoms with Crippen LogP contribution in [-0.4, -0.2) is 41.3 Å². The van der Waals surface area contributed by atoms with Crippen LogP contribution >= 0.6 is 0 Å². The summed E-state index contributed by atoms with van der Waals surface area (Å²) in [7, 11) is -5.89. The highest BCUT2D eigenvalue weighted by atomic mass is 32.2. The summed E-state index contributed by atoms with van der Waals surface area (Å²) in [5, 5.41) is 2.48. The van der Waals surface area contributed by atoms with Gasteiger partial charge in [0.2, 0.25) is 5.91 Å². The van der Waals surface area contributed by atoms with Gasteiger partial charge in [-0.25, -0.2) is 16.8 Å². The van der Waals surface area contributed by atoms with E-state index in [4.69, 9.17) is 0 Å². The molecule has 0 unspecified atom stereocenters. The van der Waals surface area contributed by atoms with Gasteiger partial charge in [0.25, 0.3) is 10.0 Å². The van der Waals surface area contributed by atoms with E-state index in [1.165, 1.54) is 31.3 Å². The number of anilines is 2. The minimum absolute atomic E-state index is 0.00699. The molecule has 0 heterocycles. The molecule has 2 rings (SSSR count). The molecule has 7 nitrogen and oxygen atoms in total. The number of hydrogen-bond donors (Lipinski definition) is 1. The van der Waals surface area contributed by atoms with Crippen LogP contribution in [-0.2, 0) is 24.7 Å². The van der Waals surface area contributed by atoms with Gasteiger partial charge in [0.15, 0.2) is 9.84 Å². The van der Waals surface area contributed by atoms with Gasteiger partial charge in [-0.05, 0) is 36.8 Å². The maximum absolute atomic E-state index is 12.9. The highest BCUT2D eigenvalue weighted by Gasteiger charge is 2.22. The Balaban J connectivity index is 2.12. The topological polar surface area (TPSA) is 101 Å². The molecule has 0 saturated heterocycles. The molecule has 0 bridgehead atoms. The van der Waals surface area contributed by atoms with Gasteiger partial charge in [0, 0.05) is 12.7 Å². The molecule has 0 spiro atoms. The van der Waals surface area contributed by atoms with E-state index in [0.717, 1.165) is 17.1 Å². The van der Waals surface area contributed by atoms with Crippen LogP contribution in [0.2, 0.25) is 0 Å². The molecule has 0 radical (unpaired) electrons. The maximum Gasteiger partial charge on any atom is 0.264 e. The minimum atomic E-state index is -3.84. The van der Waals surface area contributed by atoms with Gasteiger partial charge in [-0.15, -0.1) is 0 Å². The second-order valence-corrected chi connectivity index (χ2v) is 10.8. The van der Waals surface area contributed by atoms with Crippen molar-refractivity contribution < 1.29 is 21.6 Å². The van der Waals surface area contributed by atoms with Crippen LogP contribution in [0.5, 0.6) is 0 Å². The average Bonchev–Trinajstić information content (AvgIpc) is 2.67. The van der Waals surface area contributed by atoms with Crippen LogP contribution in [0.15, 0.2) is 59.5 Å². The predicted molar refractivity (Wildman–Crippen MR) is 115 cm³/mol. The fourth-order valence-corrected chi connectivity index (χ4v) is 5.21. The monoisotopic (exact) mass is 438 g/mol. The van der Waals surface area contributed by atoms with Crippen molar-refractivity contribution in [3.63, 3.8) is 0 Å². The number of nitrogens with one attached hydrogen (secondary N) is 1. The molecule has 1 N–H and O–H groups in total. The van der Waals surface area contributed by atoms with Crippen LogP contribution in [0.4, 0.5) is 11.4 Å². The molecule has 158 valence electrons. The van der Waals surface area contributed by atoms with E-state index in [1.807, 2.05) is 6.92 Å². The van der Waals surface area contributed by atoms with Gasteiger partial charge >= 0.3 is 0 Å². The lowest BCUT2D eigenvalue weighted by molar-refractivity contribution is -0.113. The Hall–Kier alpha value is -2.39. The van der Waals surface area contributed by atoms with E-state index in [2.05, 4.69) is 5.32 Å². The van der Waals surface area contributed by atoms with E-state index < -0.39 is 31.5 Å². The van der Waals surface area contributed by atoms with Crippen molar-refractivity contribution in [2.75, 3.05) is 28.2 Å². The van der Waals surface area contributed by atoms with Gasteiger partial charge in [0.1, 0.15) is 5.75 Å². The number of rotatable bonds is 10. The Kier molecular flexibility index (Phi) is 7.80. The van der Waals surface area contributed by atoms with Crippen molar-refractivity contribution in [2.45, 2.75) is 31.1 Å². The molecule has 0 fully saturated rings. The van der Waals surface area contributed by atoms with Crippen LogP contribution in [0, 0.1) is 0 Å². The Morgan fingerprint density at radius 3 is 2.31 bits per heavy atom. The Morgan fingerprint density at radius 2 is 1.66 bits per heavy atom. The first kappa shape index (κ1) is 22.9. The Bertz CT molecular complexity index is 1040. The third kappa shape index (κ3) is 6.57. The van der Waals surface area contributed by atoms with Crippen LogP contribution < -0.4 is 9.62 Å². The van der Waals surface area contributed by atoms with Gasteiger partial charge < -0.3 is 5.32 Å². The van der Waals surface area contributed by atoms with Crippen molar-refractivity contribution in [1.82, 2.24) is 0 Å². The Labute approximate surface area is 172 Å². The minimum Gasteiger partial charge on any atom is -0.325 e. The van der Waals surface area contributed by atoms with E-state index in [1.54, 1.807) is 30.3 Å². The number of nitrogens with zero attached hydrogens (tertiary/aromatic N) is 1. The van der Waals surface area contributed by atoms with Gasteiger partial charge in [0.05, 0.1) is 16.3 Å². The second kappa shape index (κ2) is 9.89. The summed E-state index contributed by atoms with van der Waals surface area (Å²) in [4.78, 5) is 12.1. The molecule has 0 saturated carbocycles. The lowest BCUT2D eigenvalue weighted by atomic mass is 10.3. The fraction of sp³-hybridized carbons (Fsp3) is 0.350. The molecule has 2 aromatic rings. The van der Waals surface area contributed by atoms with Crippen LogP contribution in [0.1, 0.15) is 26.2 Å². The zero-order valence-electron chi connectivity index (χ0n) is 16.5. The highest BCUT2D eigenvalue weighted by Crippen LogP contribution is 2.23. The summed E-state index contributed by atoms with van der Waals surface area (Å²) in [5.74, 6) is -1.35. The molecule has 0 atom stereocenters. The molecule has 1 amide bonds. The van der Waals surface area contributed by atoms with Crippen molar-refractivity contribution in [3.8, 4) is 0 Å². The standard InChI is InChI=1S/C20H26N2O5S2/c1-3-4-8-14-28(24,25)16-20(23)21-17-10-9-13-19(15-17)29(26,27)22(2)18-11-6-5-7-12-18/h5-7,9-13,15H,3-4,8,14,16H2,1-2H3,(H,21,23). The number of amides is 1. The number of unbranched alkanes of at least 4 members (excludes halogenated alkanes) is 2. The third-order valence-electron chi connectivity index (χ3n) is 4.31. The first-order chi connectivity index (χ1) is 13.7. The first-order valence-electron chi connectivity index (χ1n) is 9.30. The molecular formula is C20H26N2O5S2. The van der Waals surface area contributed by atoms with Crippen molar-refractivity contribution in [3.05, 3.63) is 54.6 Å². The molecule has 9 heteroatoms. The number of sulfone groups is 1. The molecular weight excluding hydrogens is 412 g/mol. The van der Waals surface area contributed by atoms with Crippen molar-refractivity contribution in [2.24, 2.45) is 0 Å². The van der Waals surface area contributed by atoms with Gasteiger partial charge in [-0.3, -0.25) is 9.10 Å². The Morgan fingerprint density at radius 1 is 0.966 bits per heavy atom. The summed E-state index contributed by atoms with van der Waals surface area (Å²) in [6.45, 7) is 1.97. The van der Waals surface area contributed by atoms with Crippen LogP contribution in [0.3, 0.4) is 0 Å². The second-order valence-electron chi connectivity index (χ2n) is 6.68. The summed E-state index contributed by atoms with van der Waals surface area (Å²) >= 11 is 0. The summed E-state index contributed by atoms with van der Waals surface area (Å²) < 4.78 is 50.9. The number of sulfonamides is 1. The highest BCUT2D eigenvalue weighted by molar-refractivity contribution is 7.93. The molecule has 0 aromatic heterocycles. The summed E-state index contributed by atoms with van der Waals surface area (Å²) in [6, 6.07) is 14.4. The van der Waals surface area contributed by atoms with Crippen LogP contribution in [0.25, 0.3) is 0 Å². The SMILES string of the molecule is CCCCCS(=O)(=O)CC(=O)Nc1cccc(S(=O)(=O)N(C)c2ccccc2)c1. The van der Waals surface area contributed by atoms with E-state index in [0.29, 0.717) is 12.1 Å². The molecule has 0 aliphatic carbocycles. The summed E-state index contributed by atoms with van der Waals surface area (Å²) in [6.07, 6.45) is 2.20.